The van der Waals surface area contributed by atoms with Crippen LogP contribution in [0.4, 0.5) is 0 Å². The molecule has 1 amide bonds. The van der Waals surface area contributed by atoms with Gasteiger partial charge in [-0.15, -0.1) is 0 Å². The number of fused-ring (bicyclic) bond motifs is 1. The molecule has 1 aromatic carbocycles. The number of phenolic OH excluding ortho intramolecular Hbond substituents is 1. The highest BCUT2D eigenvalue weighted by Crippen LogP contribution is 2.31. The number of ether oxygens (including phenoxy) is 1. The number of benzene rings is 1. The molecule has 2 aromatic heterocycles. The number of nitrogens with one attached hydrogen (secondary N) is 2. The summed E-state index contributed by atoms with van der Waals surface area (Å²) >= 11 is 0. The van der Waals surface area contributed by atoms with Crippen LogP contribution in [0.1, 0.15) is 23.0 Å². The summed E-state index contributed by atoms with van der Waals surface area (Å²) < 4.78 is 5.42. The van der Waals surface area contributed by atoms with E-state index in [9.17, 15) is 9.90 Å². The van der Waals surface area contributed by atoms with Gasteiger partial charge in [0.15, 0.2) is 17.3 Å². The number of aromatic amines is 1. The van der Waals surface area contributed by atoms with Gasteiger partial charge in [-0.2, -0.15) is 0 Å². The van der Waals surface area contributed by atoms with Crippen molar-refractivity contribution >= 4 is 5.91 Å². The van der Waals surface area contributed by atoms with E-state index in [4.69, 9.17) is 4.74 Å². The zero-order valence-corrected chi connectivity index (χ0v) is 14.2. The summed E-state index contributed by atoms with van der Waals surface area (Å²) in [4.78, 5) is 24.2. The third kappa shape index (κ3) is 2.88. The fourth-order valence-electron chi connectivity index (χ4n) is 3.00. The minimum absolute atomic E-state index is 0.0667. The molecular weight excluding hydrogens is 332 g/mol. The van der Waals surface area contributed by atoms with Crippen LogP contribution in [0.5, 0.6) is 11.5 Å². The second kappa shape index (κ2) is 6.51. The number of aromatic nitrogens is 3. The van der Waals surface area contributed by atoms with Crippen molar-refractivity contribution in [2.45, 2.75) is 13.3 Å². The second-order valence-electron chi connectivity index (χ2n) is 5.96. The number of carbonyl (C=O) groups is 1. The van der Waals surface area contributed by atoms with Gasteiger partial charge in [-0.05, 0) is 37.3 Å². The van der Waals surface area contributed by atoms with E-state index in [0.717, 1.165) is 23.4 Å². The Balaban J connectivity index is 1.72. The van der Waals surface area contributed by atoms with Crippen molar-refractivity contribution in [2.24, 2.45) is 0 Å². The standard InChI is InChI=1S/C19H18N4O3/c1-2-26-17-9-11(3-4-16(17)24)18-20-7-6-14(23-18)15-10-12-13(22-15)5-8-21-19(12)25/h3-4,6-7,9-10,22,24H,2,5,8H2,1H3,(H,21,25). The number of H-pyrrole nitrogens is 1. The highest BCUT2D eigenvalue weighted by molar-refractivity contribution is 5.97. The van der Waals surface area contributed by atoms with Crippen LogP contribution in [0.25, 0.3) is 22.8 Å². The van der Waals surface area contributed by atoms with Gasteiger partial charge in [0.1, 0.15) is 0 Å². The van der Waals surface area contributed by atoms with Gasteiger partial charge in [0.05, 0.1) is 23.6 Å². The molecule has 0 fully saturated rings. The quantitative estimate of drug-likeness (QED) is 0.671. The van der Waals surface area contributed by atoms with Crippen LogP contribution in [0, 0.1) is 0 Å². The number of amides is 1. The first-order chi connectivity index (χ1) is 12.7. The summed E-state index contributed by atoms with van der Waals surface area (Å²) in [6, 6.07) is 8.63. The molecule has 7 nitrogen and oxygen atoms in total. The van der Waals surface area contributed by atoms with E-state index in [1.54, 1.807) is 30.5 Å². The fourth-order valence-corrected chi connectivity index (χ4v) is 3.00. The molecule has 4 rings (SSSR count). The molecule has 0 radical (unpaired) electrons. The number of aromatic hydroxyl groups is 1. The number of nitrogens with zero attached hydrogens (tertiary/aromatic N) is 2. The van der Waals surface area contributed by atoms with Gasteiger partial charge < -0.3 is 20.1 Å². The minimum Gasteiger partial charge on any atom is -0.504 e. The van der Waals surface area contributed by atoms with Crippen LogP contribution in [-0.4, -0.2) is 39.1 Å². The van der Waals surface area contributed by atoms with E-state index < -0.39 is 0 Å². The predicted octanol–water partition coefficient (Wildman–Crippen LogP) is 2.53. The van der Waals surface area contributed by atoms with Crippen molar-refractivity contribution in [1.82, 2.24) is 20.3 Å². The first-order valence-electron chi connectivity index (χ1n) is 8.45. The zero-order valence-electron chi connectivity index (χ0n) is 14.2. The fraction of sp³-hybridized carbons (Fsp3) is 0.211. The molecule has 1 aliphatic heterocycles. The third-order valence-electron chi connectivity index (χ3n) is 4.25. The summed E-state index contributed by atoms with van der Waals surface area (Å²) in [5.41, 5.74) is 3.80. The van der Waals surface area contributed by atoms with Crippen molar-refractivity contribution in [2.75, 3.05) is 13.2 Å². The Hall–Kier alpha value is -3.35. The summed E-state index contributed by atoms with van der Waals surface area (Å²) in [6.45, 7) is 2.94. The normalized spacial score (nSPS) is 13.2. The third-order valence-corrected chi connectivity index (χ3v) is 4.25. The monoisotopic (exact) mass is 350 g/mol. The van der Waals surface area contributed by atoms with Crippen LogP contribution in [-0.2, 0) is 6.42 Å². The van der Waals surface area contributed by atoms with E-state index in [0.29, 0.717) is 36.0 Å². The molecule has 0 atom stereocenters. The van der Waals surface area contributed by atoms with E-state index in [1.165, 1.54) is 0 Å². The Kier molecular flexibility index (Phi) is 4.04. The number of hydrogen-bond donors (Lipinski definition) is 3. The average Bonchev–Trinajstić information content (AvgIpc) is 3.10. The molecule has 0 aliphatic carbocycles. The second-order valence-corrected chi connectivity index (χ2v) is 5.96. The molecule has 3 heterocycles. The van der Waals surface area contributed by atoms with Crippen LogP contribution < -0.4 is 10.1 Å². The van der Waals surface area contributed by atoms with Gasteiger partial charge in [-0.25, -0.2) is 9.97 Å². The zero-order chi connectivity index (χ0) is 18.1. The van der Waals surface area contributed by atoms with Crippen molar-refractivity contribution < 1.29 is 14.6 Å². The largest absolute Gasteiger partial charge is 0.504 e. The SMILES string of the molecule is CCOc1cc(-c2nccc(-c3cc4c([nH]3)CCNC4=O)n2)ccc1O. The molecule has 3 N–H and O–H groups in total. The number of carbonyl (C=O) groups excluding carboxylic acids is 1. The summed E-state index contributed by atoms with van der Waals surface area (Å²) in [5, 5.41) is 12.7. The summed E-state index contributed by atoms with van der Waals surface area (Å²) in [7, 11) is 0. The molecule has 0 spiro atoms. The van der Waals surface area contributed by atoms with Gasteiger partial charge in [-0.3, -0.25) is 4.79 Å². The topological polar surface area (TPSA) is 100 Å². The van der Waals surface area contributed by atoms with Gasteiger partial charge in [0, 0.05) is 30.4 Å². The van der Waals surface area contributed by atoms with Crippen LogP contribution in [0.15, 0.2) is 36.5 Å². The lowest BCUT2D eigenvalue weighted by atomic mass is 10.1. The smallest absolute Gasteiger partial charge is 0.253 e. The summed E-state index contributed by atoms with van der Waals surface area (Å²) in [6.07, 6.45) is 2.44. The molecule has 132 valence electrons. The van der Waals surface area contributed by atoms with E-state index in [2.05, 4.69) is 20.3 Å². The minimum atomic E-state index is -0.0667. The Bertz CT molecular complexity index is 981. The molecule has 1 aliphatic rings. The highest BCUT2D eigenvalue weighted by atomic mass is 16.5. The maximum Gasteiger partial charge on any atom is 0.253 e. The van der Waals surface area contributed by atoms with Gasteiger partial charge >= 0.3 is 0 Å². The average molecular weight is 350 g/mol. The Morgan fingerprint density at radius 3 is 2.96 bits per heavy atom. The van der Waals surface area contributed by atoms with Gasteiger partial charge in [0.25, 0.3) is 5.91 Å². The van der Waals surface area contributed by atoms with Crippen molar-refractivity contribution in [3.05, 3.63) is 47.8 Å². The number of phenols is 1. The van der Waals surface area contributed by atoms with Crippen LogP contribution >= 0.6 is 0 Å². The lowest BCUT2D eigenvalue weighted by molar-refractivity contribution is 0.0946. The lowest BCUT2D eigenvalue weighted by Crippen LogP contribution is -2.31. The molecule has 0 saturated heterocycles. The van der Waals surface area contributed by atoms with E-state index in [1.807, 2.05) is 13.0 Å². The molecule has 7 heteroatoms. The Morgan fingerprint density at radius 2 is 2.15 bits per heavy atom. The number of rotatable bonds is 4. The first-order valence-corrected chi connectivity index (χ1v) is 8.45. The van der Waals surface area contributed by atoms with Crippen molar-refractivity contribution in [1.29, 1.82) is 0 Å². The molecule has 26 heavy (non-hydrogen) atoms. The van der Waals surface area contributed by atoms with Crippen molar-refractivity contribution in [3.63, 3.8) is 0 Å². The molecular formula is C19H18N4O3. The van der Waals surface area contributed by atoms with Gasteiger partial charge in [-0.1, -0.05) is 0 Å². The lowest BCUT2D eigenvalue weighted by Gasteiger charge is -2.10. The first kappa shape index (κ1) is 16.1. The van der Waals surface area contributed by atoms with E-state index in [-0.39, 0.29) is 11.7 Å². The maximum atomic E-state index is 11.9. The van der Waals surface area contributed by atoms with Crippen LogP contribution in [0.2, 0.25) is 0 Å². The van der Waals surface area contributed by atoms with Crippen molar-refractivity contribution in [3.8, 4) is 34.3 Å². The molecule has 0 saturated carbocycles. The predicted molar refractivity (Wildman–Crippen MR) is 96.1 cm³/mol. The van der Waals surface area contributed by atoms with Crippen LogP contribution in [0.3, 0.4) is 0 Å². The maximum absolute atomic E-state index is 11.9. The number of hydrogen-bond acceptors (Lipinski definition) is 5. The Morgan fingerprint density at radius 1 is 1.27 bits per heavy atom. The van der Waals surface area contributed by atoms with Gasteiger partial charge in [0.2, 0.25) is 0 Å². The van der Waals surface area contributed by atoms with E-state index >= 15 is 0 Å². The summed E-state index contributed by atoms with van der Waals surface area (Å²) in [5.74, 6) is 0.921. The Labute approximate surface area is 150 Å². The molecule has 3 aromatic rings. The molecule has 0 bridgehead atoms. The molecule has 0 unspecified atom stereocenters. The highest BCUT2D eigenvalue weighted by Gasteiger charge is 2.20.